The van der Waals surface area contributed by atoms with Crippen LogP contribution in [0.15, 0.2) is 18.2 Å². The smallest absolute Gasteiger partial charge is 0.416 e. The highest BCUT2D eigenvalue weighted by atomic mass is 35.5. The number of carboxylic acids is 2. The number of benzene rings is 1. The maximum Gasteiger partial charge on any atom is 0.416 e. The molecule has 0 spiro atoms. The summed E-state index contributed by atoms with van der Waals surface area (Å²) in [5.41, 5.74) is -1.73. The van der Waals surface area contributed by atoms with Gasteiger partial charge in [-0.25, -0.2) is 0 Å². The maximum absolute atomic E-state index is 12.5. The molecule has 1 aromatic rings. The van der Waals surface area contributed by atoms with Crippen LogP contribution in [0.4, 0.5) is 13.2 Å². The number of aliphatic carboxylic acids is 2. The van der Waals surface area contributed by atoms with Crippen molar-refractivity contribution in [3.8, 4) is 0 Å². The molecule has 0 saturated carbocycles. The first-order valence-electron chi connectivity index (χ1n) is 4.46. The zero-order chi connectivity index (χ0) is 14.1. The predicted molar refractivity (Wildman–Crippen MR) is 54.5 cm³/mol. The summed E-state index contributed by atoms with van der Waals surface area (Å²) in [6, 6.07) is 1.92. The number of carbonyl (C=O) groups is 2. The maximum atomic E-state index is 12.5. The van der Waals surface area contributed by atoms with Crippen molar-refractivity contribution < 1.29 is 33.0 Å². The quantitative estimate of drug-likeness (QED) is 0.836. The zero-order valence-corrected chi connectivity index (χ0v) is 9.29. The lowest BCUT2D eigenvalue weighted by Gasteiger charge is -2.12. The van der Waals surface area contributed by atoms with Gasteiger partial charge >= 0.3 is 18.1 Å². The van der Waals surface area contributed by atoms with Gasteiger partial charge in [0.2, 0.25) is 0 Å². The standard InChI is InChI=1S/C10H6ClF3O4/c11-6-2-4(7(8(15)16)9(17)18)1-5(3-6)10(12,13)14/h1-3,7H,(H,15,16)(H,17,18). The van der Waals surface area contributed by atoms with Crippen LogP contribution in [0.5, 0.6) is 0 Å². The number of hydrogen-bond acceptors (Lipinski definition) is 2. The van der Waals surface area contributed by atoms with Crippen molar-refractivity contribution in [1.82, 2.24) is 0 Å². The van der Waals surface area contributed by atoms with Gasteiger partial charge in [0, 0.05) is 5.02 Å². The van der Waals surface area contributed by atoms with Crippen LogP contribution in [0, 0.1) is 0 Å². The Bertz CT molecular complexity index is 484. The van der Waals surface area contributed by atoms with Gasteiger partial charge in [-0.3, -0.25) is 9.59 Å². The molecule has 2 N–H and O–H groups in total. The van der Waals surface area contributed by atoms with Crippen LogP contribution in [-0.2, 0) is 15.8 Å². The van der Waals surface area contributed by atoms with E-state index in [1.54, 1.807) is 0 Å². The van der Waals surface area contributed by atoms with Crippen LogP contribution >= 0.6 is 11.6 Å². The number of hydrogen-bond donors (Lipinski definition) is 2. The minimum Gasteiger partial charge on any atom is -0.480 e. The molecule has 0 saturated heterocycles. The summed E-state index contributed by atoms with van der Waals surface area (Å²) in [5.74, 6) is -5.62. The molecule has 18 heavy (non-hydrogen) atoms. The minimum absolute atomic E-state index is 0.382. The van der Waals surface area contributed by atoms with E-state index in [0.29, 0.717) is 12.1 Å². The van der Waals surface area contributed by atoms with E-state index >= 15 is 0 Å². The number of rotatable bonds is 3. The molecular weight excluding hydrogens is 277 g/mol. The molecule has 98 valence electrons. The molecule has 0 bridgehead atoms. The van der Waals surface area contributed by atoms with Gasteiger partial charge in [0.15, 0.2) is 5.92 Å². The summed E-state index contributed by atoms with van der Waals surface area (Å²) in [6.45, 7) is 0. The fourth-order valence-electron chi connectivity index (χ4n) is 1.33. The Labute approximate surface area is 104 Å². The lowest BCUT2D eigenvalue weighted by Crippen LogP contribution is -2.21. The molecule has 0 amide bonds. The molecule has 0 aliphatic heterocycles. The van der Waals surface area contributed by atoms with Crippen molar-refractivity contribution >= 4 is 23.5 Å². The SMILES string of the molecule is O=C(O)C(C(=O)O)c1cc(Cl)cc(C(F)(F)F)c1. The monoisotopic (exact) mass is 282 g/mol. The largest absolute Gasteiger partial charge is 0.480 e. The molecule has 0 aliphatic carbocycles. The van der Waals surface area contributed by atoms with Gasteiger partial charge in [-0.15, -0.1) is 0 Å². The Balaban J connectivity index is 3.37. The number of carboxylic acid groups (broad SMARTS) is 2. The van der Waals surface area contributed by atoms with Crippen LogP contribution < -0.4 is 0 Å². The average molecular weight is 283 g/mol. The van der Waals surface area contributed by atoms with Gasteiger partial charge < -0.3 is 10.2 Å². The Hall–Kier alpha value is -1.76. The van der Waals surface area contributed by atoms with E-state index in [0.717, 1.165) is 6.07 Å². The van der Waals surface area contributed by atoms with Gasteiger partial charge in [-0.05, 0) is 23.8 Å². The van der Waals surface area contributed by atoms with E-state index in [-0.39, 0.29) is 5.02 Å². The Morgan fingerprint density at radius 2 is 1.61 bits per heavy atom. The van der Waals surface area contributed by atoms with Crippen LogP contribution in [0.3, 0.4) is 0 Å². The van der Waals surface area contributed by atoms with Crippen molar-refractivity contribution in [2.45, 2.75) is 12.1 Å². The molecule has 0 radical (unpaired) electrons. The van der Waals surface area contributed by atoms with E-state index < -0.39 is 35.2 Å². The van der Waals surface area contributed by atoms with Gasteiger partial charge in [0.25, 0.3) is 0 Å². The third-order valence-electron chi connectivity index (χ3n) is 2.07. The third kappa shape index (κ3) is 3.13. The Kier molecular flexibility index (Phi) is 3.85. The highest BCUT2D eigenvalue weighted by molar-refractivity contribution is 6.30. The summed E-state index contributed by atoms with van der Waals surface area (Å²) < 4.78 is 37.4. The second kappa shape index (κ2) is 4.85. The molecule has 1 aromatic carbocycles. The average Bonchev–Trinajstić information content (AvgIpc) is 2.13. The van der Waals surface area contributed by atoms with Crippen LogP contribution in [0.2, 0.25) is 5.02 Å². The molecule has 0 atom stereocenters. The van der Waals surface area contributed by atoms with Crippen LogP contribution in [0.25, 0.3) is 0 Å². The Morgan fingerprint density at radius 3 is 2.00 bits per heavy atom. The fraction of sp³-hybridized carbons (Fsp3) is 0.200. The third-order valence-corrected chi connectivity index (χ3v) is 2.29. The number of halogens is 4. The van der Waals surface area contributed by atoms with Crippen LogP contribution in [0.1, 0.15) is 17.0 Å². The molecule has 0 aliphatic rings. The van der Waals surface area contributed by atoms with Gasteiger partial charge in [0.05, 0.1) is 5.56 Å². The fourth-order valence-corrected chi connectivity index (χ4v) is 1.58. The van der Waals surface area contributed by atoms with E-state index in [2.05, 4.69) is 0 Å². The first-order valence-corrected chi connectivity index (χ1v) is 4.84. The molecule has 0 heterocycles. The normalized spacial score (nSPS) is 11.6. The lowest BCUT2D eigenvalue weighted by molar-refractivity contribution is -0.150. The van der Waals surface area contributed by atoms with Crippen molar-refractivity contribution in [2.75, 3.05) is 0 Å². The lowest BCUT2D eigenvalue weighted by atomic mass is 9.97. The van der Waals surface area contributed by atoms with E-state index in [1.807, 2.05) is 0 Å². The molecular formula is C10H6ClF3O4. The molecule has 1 rings (SSSR count). The first kappa shape index (κ1) is 14.3. The molecule has 0 fully saturated rings. The number of alkyl halides is 3. The first-order chi connectivity index (χ1) is 8.12. The molecule has 0 aromatic heterocycles. The zero-order valence-electron chi connectivity index (χ0n) is 8.53. The highest BCUT2D eigenvalue weighted by Crippen LogP contribution is 2.33. The van der Waals surface area contributed by atoms with Crippen LogP contribution in [-0.4, -0.2) is 22.2 Å². The van der Waals surface area contributed by atoms with E-state index in [9.17, 15) is 22.8 Å². The van der Waals surface area contributed by atoms with Gasteiger partial charge in [-0.1, -0.05) is 11.6 Å². The van der Waals surface area contributed by atoms with Crippen molar-refractivity contribution in [2.24, 2.45) is 0 Å². The summed E-state index contributed by atoms with van der Waals surface area (Å²) >= 11 is 5.42. The predicted octanol–water partition coefficient (Wildman–Crippen LogP) is 2.61. The summed E-state index contributed by atoms with van der Waals surface area (Å²) in [4.78, 5) is 21.4. The summed E-state index contributed by atoms with van der Waals surface area (Å²) in [7, 11) is 0. The summed E-state index contributed by atoms with van der Waals surface area (Å²) in [5, 5.41) is 17.0. The second-order valence-electron chi connectivity index (χ2n) is 3.38. The van der Waals surface area contributed by atoms with Gasteiger partial charge in [0.1, 0.15) is 0 Å². The highest BCUT2D eigenvalue weighted by Gasteiger charge is 2.34. The molecule has 8 heteroatoms. The van der Waals surface area contributed by atoms with E-state index in [1.165, 1.54) is 0 Å². The van der Waals surface area contributed by atoms with Gasteiger partial charge in [-0.2, -0.15) is 13.2 Å². The molecule has 0 unspecified atom stereocenters. The van der Waals surface area contributed by atoms with Crippen molar-refractivity contribution in [3.05, 3.63) is 34.3 Å². The molecule has 4 nitrogen and oxygen atoms in total. The second-order valence-corrected chi connectivity index (χ2v) is 3.82. The summed E-state index contributed by atoms with van der Waals surface area (Å²) in [6.07, 6.45) is -4.73. The van der Waals surface area contributed by atoms with Crippen molar-refractivity contribution in [1.29, 1.82) is 0 Å². The van der Waals surface area contributed by atoms with E-state index in [4.69, 9.17) is 21.8 Å². The Morgan fingerprint density at radius 1 is 1.11 bits per heavy atom. The minimum atomic E-state index is -4.73. The van der Waals surface area contributed by atoms with Crippen molar-refractivity contribution in [3.63, 3.8) is 0 Å². The topological polar surface area (TPSA) is 74.6 Å².